The van der Waals surface area contributed by atoms with E-state index in [0.29, 0.717) is 18.7 Å². The topological polar surface area (TPSA) is 50.3 Å². The molecule has 0 unspecified atom stereocenters. The van der Waals surface area contributed by atoms with E-state index in [2.05, 4.69) is 58.6 Å². The van der Waals surface area contributed by atoms with Crippen LogP contribution in [0.2, 0.25) is 0 Å². The zero-order chi connectivity index (χ0) is 17.6. The Hall–Kier alpha value is -1.98. The van der Waals surface area contributed by atoms with Crippen molar-refractivity contribution in [3.63, 3.8) is 0 Å². The van der Waals surface area contributed by atoms with Crippen LogP contribution in [-0.2, 0) is 4.74 Å². The summed E-state index contributed by atoms with van der Waals surface area (Å²) in [5, 5.41) is 4.74. The normalized spacial score (nSPS) is 21.3. The van der Waals surface area contributed by atoms with Gasteiger partial charge >= 0.3 is 0 Å². The highest BCUT2D eigenvalue weighted by Crippen LogP contribution is 2.27. The van der Waals surface area contributed by atoms with Crippen LogP contribution in [0, 0.1) is 0 Å². The largest absolute Gasteiger partial charge is 0.381 e. The highest BCUT2D eigenvalue weighted by molar-refractivity contribution is 5.90. The number of aromatic nitrogens is 2. The Morgan fingerprint density at radius 3 is 2.72 bits per heavy atom. The van der Waals surface area contributed by atoms with E-state index in [1.165, 1.54) is 25.7 Å². The van der Waals surface area contributed by atoms with Gasteiger partial charge in [0.05, 0.1) is 12.1 Å². The SMILES string of the molecule is COCC=Cc1ccc2ncnc(N[C@H]3CC[C@H](N(C)C)CC3)c2c1. The lowest BCUT2D eigenvalue weighted by Gasteiger charge is -2.33. The predicted molar refractivity (Wildman–Crippen MR) is 104 cm³/mol. The third kappa shape index (κ3) is 4.55. The smallest absolute Gasteiger partial charge is 0.137 e. The molecule has 1 aromatic carbocycles. The molecule has 0 saturated heterocycles. The third-order valence-corrected chi connectivity index (χ3v) is 5.00. The van der Waals surface area contributed by atoms with E-state index in [9.17, 15) is 0 Å². The highest BCUT2D eigenvalue weighted by Gasteiger charge is 2.22. The molecule has 0 spiro atoms. The van der Waals surface area contributed by atoms with Crippen LogP contribution in [0.3, 0.4) is 0 Å². The van der Waals surface area contributed by atoms with Crippen molar-refractivity contribution in [3.8, 4) is 0 Å². The van der Waals surface area contributed by atoms with Crippen molar-refractivity contribution >= 4 is 22.8 Å². The molecule has 25 heavy (non-hydrogen) atoms. The summed E-state index contributed by atoms with van der Waals surface area (Å²) in [7, 11) is 6.05. The number of anilines is 1. The molecule has 2 aromatic rings. The summed E-state index contributed by atoms with van der Waals surface area (Å²) in [5.41, 5.74) is 2.11. The number of ether oxygens (including phenoxy) is 1. The summed E-state index contributed by atoms with van der Waals surface area (Å²) in [6.45, 7) is 0.615. The van der Waals surface area contributed by atoms with Gasteiger partial charge in [0, 0.05) is 24.6 Å². The molecule has 1 aliphatic carbocycles. The fraction of sp³-hybridized carbons (Fsp3) is 0.500. The Bertz CT molecular complexity index is 721. The molecule has 5 nitrogen and oxygen atoms in total. The molecule has 3 rings (SSSR count). The van der Waals surface area contributed by atoms with Gasteiger partial charge in [-0.05, 0) is 57.5 Å². The molecule has 0 aliphatic heterocycles. The number of hydrogen-bond acceptors (Lipinski definition) is 5. The van der Waals surface area contributed by atoms with E-state index in [4.69, 9.17) is 4.74 Å². The van der Waals surface area contributed by atoms with E-state index < -0.39 is 0 Å². The van der Waals surface area contributed by atoms with Gasteiger partial charge in [-0.2, -0.15) is 0 Å². The quantitative estimate of drug-likeness (QED) is 0.871. The van der Waals surface area contributed by atoms with E-state index in [1.807, 2.05) is 6.08 Å². The van der Waals surface area contributed by atoms with Crippen LogP contribution in [0.4, 0.5) is 5.82 Å². The standard InChI is InChI=1S/C20H28N4O/c1-24(2)17-9-7-16(8-10-17)23-20-18-13-15(5-4-12-25-3)6-11-19(18)21-14-22-20/h4-6,11,13-14,16-17H,7-10,12H2,1-3H3,(H,21,22,23)/t16-,17-. The molecule has 0 bridgehead atoms. The predicted octanol–water partition coefficient (Wildman–Crippen LogP) is 3.57. The van der Waals surface area contributed by atoms with E-state index in [-0.39, 0.29) is 0 Å². The van der Waals surface area contributed by atoms with Crippen LogP contribution in [-0.4, -0.2) is 54.8 Å². The number of rotatable bonds is 6. The summed E-state index contributed by atoms with van der Waals surface area (Å²) >= 11 is 0. The first-order valence-electron chi connectivity index (χ1n) is 9.00. The second-order valence-electron chi connectivity index (χ2n) is 6.97. The highest BCUT2D eigenvalue weighted by atomic mass is 16.5. The Morgan fingerprint density at radius 1 is 1.20 bits per heavy atom. The van der Waals surface area contributed by atoms with E-state index in [0.717, 1.165) is 22.3 Å². The second kappa shape index (κ2) is 8.41. The van der Waals surface area contributed by atoms with Gasteiger partial charge in [0.15, 0.2) is 0 Å². The molecule has 0 radical (unpaired) electrons. The minimum Gasteiger partial charge on any atom is -0.381 e. The number of methoxy groups -OCH3 is 1. The van der Waals surface area contributed by atoms with Gasteiger partial charge < -0.3 is 15.0 Å². The monoisotopic (exact) mass is 340 g/mol. The first-order chi connectivity index (χ1) is 12.2. The van der Waals surface area contributed by atoms with Crippen LogP contribution in [0.5, 0.6) is 0 Å². The summed E-state index contributed by atoms with van der Waals surface area (Å²) < 4.78 is 5.07. The fourth-order valence-electron chi connectivity index (χ4n) is 3.50. The molecule has 1 saturated carbocycles. The van der Waals surface area contributed by atoms with E-state index in [1.54, 1.807) is 13.4 Å². The molecule has 5 heteroatoms. The minimum absolute atomic E-state index is 0.488. The minimum atomic E-state index is 0.488. The zero-order valence-corrected chi connectivity index (χ0v) is 15.4. The van der Waals surface area contributed by atoms with Crippen molar-refractivity contribution in [2.24, 2.45) is 0 Å². The van der Waals surface area contributed by atoms with Gasteiger partial charge in [-0.3, -0.25) is 0 Å². The van der Waals surface area contributed by atoms with Crippen LogP contribution in [0.1, 0.15) is 31.2 Å². The van der Waals surface area contributed by atoms with Crippen molar-refractivity contribution in [1.82, 2.24) is 14.9 Å². The van der Waals surface area contributed by atoms with Gasteiger partial charge in [-0.15, -0.1) is 0 Å². The van der Waals surface area contributed by atoms with Crippen molar-refractivity contribution < 1.29 is 4.74 Å². The molecular formula is C20H28N4O. The van der Waals surface area contributed by atoms with Crippen molar-refractivity contribution in [1.29, 1.82) is 0 Å². The maximum atomic E-state index is 5.07. The molecule has 1 N–H and O–H groups in total. The van der Waals surface area contributed by atoms with E-state index >= 15 is 0 Å². The Morgan fingerprint density at radius 2 is 2.00 bits per heavy atom. The number of benzene rings is 1. The summed E-state index contributed by atoms with van der Waals surface area (Å²) in [6.07, 6.45) is 10.6. The Balaban J connectivity index is 1.75. The lowest BCUT2D eigenvalue weighted by molar-refractivity contribution is 0.221. The van der Waals surface area contributed by atoms with Gasteiger partial charge in [-0.1, -0.05) is 18.2 Å². The summed E-state index contributed by atoms with van der Waals surface area (Å²) in [6, 6.07) is 7.47. The average molecular weight is 340 g/mol. The summed E-state index contributed by atoms with van der Waals surface area (Å²) in [5.74, 6) is 0.945. The number of nitrogens with zero attached hydrogens (tertiary/aromatic N) is 3. The van der Waals surface area contributed by atoms with Gasteiger partial charge in [0.1, 0.15) is 12.1 Å². The number of fused-ring (bicyclic) bond motifs is 1. The average Bonchev–Trinajstić information content (AvgIpc) is 2.63. The van der Waals surface area contributed by atoms with Crippen LogP contribution < -0.4 is 5.32 Å². The molecule has 0 atom stereocenters. The molecular weight excluding hydrogens is 312 g/mol. The molecule has 134 valence electrons. The molecule has 1 heterocycles. The van der Waals surface area contributed by atoms with Crippen LogP contribution in [0.25, 0.3) is 17.0 Å². The second-order valence-corrected chi connectivity index (χ2v) is 6.97. The molecule has 0 amide bonds. The number of nitrogens with one attached hydrogen (secondary N) is 1. The molecule has 1 fully saturated rings. The Kier molecular flexibility index (Phi) is 6.00. The zero-order valence-electron chi connectivity index (χ0n) is 15.4. The van der Waals surface area contributed by atoms with Crippen molar-refractivity contribution in [2.75, 3.05) is 33.1 Å². The molecule has 1 aromatic heterocycles. The van der Waals surface area contributed by atoms with Gasteiger partial charge in [-0.25, -0.2) is 9.97 Å². The van der Waals surface area contributed by atoms with Gasteiger partial charge in [0.25, 0.3) is 0 Å². The lowest BCUT2D eigenvalue weighted by atomic mass is 9.90. The van der Waals surface area contributed by atoms with Crippen LogP contribution >= 0.6 is 0 Å². The van der Waals surface area contributed by atoms with Crippen molar-refractivity contribution in [2.45, 2.75) is 37.8 Å². The lowest BCUT2D eigenvalue weighted by Crippen LogP contribution is -2.36. The molecule has 1 aliphatic rings. The van der Waals surface area contributed by atoms with Crippen LogP contribution in [0.15, 0.2) is 30.6 Å². The number of hydrogen-bond donors (Lipinski definition) is 1. The Labute approximate surface area is 150 Å². The maximum Gasteiger partial charge on any atom is 0.137 e. The maximum absolute atomic E-state index is 5.07. The van der Waals surface area contributed by atoms with Gasteiger partial charge in [0.2, 0.25) is 0 Å². The first kappa shape index (κ1) is 17.8. The fourth-order valence-corrected chi connectivity index (χ4v) is 3.50. The third-order valence-electron chi connectivity index (χ3n) is 5.00. The first-order valence-corrected chi connectivity index (χ1v) is 9.00. The summed E-state index contributed by atoms with van der Waals surface area (Å²) in [4.78, 5) is 11.3. The van der Waals surface area contributed by atoms with Crippen molar-refractivity contribution in [3.05, 3.63) is 36.2 Å².